The molecule has 1 N–H and O–H groups in total. The van der Waals surface area contributed by atoms with Gasteiger partial charge >= 0.3 is 0 Å². The molecule has 0 amide bonds. The number of nitrogens with one attached hydrogen (secondary N) is 1. The van der Waals surface area contributed by atoms with Gasteiger partial charge in [-0.1, -0.05) is 62.6 Å². The maximum Gasteiger partial charge on any atom is 0.113 e. The van der Waals surface area contributed by atoms with E-state index in [0.29, 0.717) is 19.1 Å². The summed E-state index contributed by atoms with van der Waals surface area (Å²) in [6.07, 6.45) is 16.4. The molecule has 3 nitrogen and oxygen atoms in total. The standard InChI is InChI=1S/C23H31NO2/c1-2-3-4-6-9-17-12-13-20-19(16-17)22-23(26-15-14-25-22)21(24-20)18-10-7-5-8-11-18/h5,7-8,10,12-13,16,18,21-24H,2-4,6,9,11,14-15H2,1H3/t18?,21-,22+,23-/m0/s1. The van der Waals surface area contributed by atoms with Crippen LogP contribution in [0.25, 0.3) is 0 Å². The van der Waals surface area contributed by atoms with Crippen molar-refractivity contribution < 1.29 is 9.47 Å². The molecule has 0 saturated carbocycles. The van der Waals surface area contributed by atoms with Crippen LogP contribution in [0.15, 0.2) is 42.5 Å². The van der Waals surface area contributed by atoms with Crippen LogP contribution < -0.4 is 5.32 Å². The van der Waals surface area contributed by atoms with E-state index in [1.807, 2.05) is 0 Å². The van der Waals surface area contributed by atoms with E-state index in [2.05, 4.69) is 54.7 Å². The number of aryl methyl sites for hydroxylation is 1. The Balaban J connectivity index is 1.54. The number of hydrogen-bond donors (Lipinski definition) is 1. The van der Waals surface area contributed by atoms with Gasteiger partial charge in [0.05, 0.1) is 19.3 Å². The van der Waals surface area contributed by atoms with Crippen molar-refractivity contribution in [2.24, 2.45) is 5.92 Å². The first-order chi connectivity index (χ1) is 12.9. The van der Waals surface area contributed by atoms with E-state index in [9.17, 15) is 0 Å². The molecule has 1 saturated heterocycles. The number of benzene rings is 1. The van der Waals surface area contributed by atoms with Crippen molar-refractivity contribution in [1.29, 1.82) is 0 Å². The molecule has 3 aliphatic rings. The number of unbranched alkanes of at least 4 members (excludes halogenated alkanes) is 3. The van der Waals surface area contributed by atoms with Crippen LogP contribution in [0.4, 0.5) is 5.69 Å². The Bertz CT molecular complexity index is 666. The van der Waals surface area contributed by atoms with Crippen LogP contribution in [-0.4, -0.2) is 25.4 Å². The van der Waals surface area contributed by atoms with E-state index >= 15 is 0 Å². The Kier molecular flexibility index (Phi) is 5.76. The number of hydrogen-bond acceptors (Lipinski definition) is 3. The summed E-state index contributed by atoms with van der Waals surface area (Å²) in [5, 5.41) is 3.78. The highest BCUT2D eigenvalue weighted by atomic mass is 16.6. The first-order valence-electron chi connectivity index (χ1n) is 10.3. The van der Waals surface area contributed by atoms with Gasteiger partial charge in [-0.05, 0) is 30.9 Å². The van der Waals surface area contributed by atoms with Gasteiger partial charge in [0.25, 0.3) is 0 Å². The Morgan fingerprint density at radius 1 is 1.08 bits per heavy atom. The highest BCUT2D eigenvalue weighted by molar-refractivity contribution is 5.58. The van der Waals surface area contributed by atoms with E-state index < -0.39 is 0 Å². The number of rotatable bonds is 6. The Labute approximate surface area is 157 Å². The van der Waals surface area contributed by atoms with Crippen molar-refractivity contribution in [2.45, 2.75) is 63.7 Å². The van der Waals surface area contributed by atoms with Gasteiger partial charge in [-0.3, -0.25) is 0 Å². The average Bonchev–Trinajstić information content (AvgIpc) is 2.71. The lowest BCUT2D eigenvalue weighted by Crippen LogP contribution is -2.51. The van der Waals surface area contributed by atoms with Gasteiger partial charge < -0.3 is 14.8 Å². The van der Waals surface area contributed by atoms with Crippen LogP contribution in [0, 0.1) is 5.92 Å². The second-order valence-corrected chi connectivity index (χ2v) is 7.74. The van der Waals surface area contributed by atoms with E-state index in [-0.39, 0.29) is 18.2 Å². The molecule has 2 aliphatic heterocycles. The topological polar surface area (TPSA) is 30.5 Å². The lowest BCUT2D eigenvalue weighted by Gasteiger charge is -2.45. The minimum atomic E-state index is 0.0555. The molecule has 140 valence electrons. The van der Waals surface area contributed by atoms with Crippen LogP contribution in [0.2, 0.25) is 0 Å². The van der Waals surface area contributed by atoms with Crippen molar-refractivity contribution in [1.82, 2.24) is 0 Å². The Morgan fingerprint density at radius 3 is 2.85 bits per heavy atom. The molecule has 1 fully saturated rings. The molecule has 2 heterocycles. The molecule has 0 aromatic heterocycles. The molecule has 0 radical (unpaired) electrons. The predicted molar refractivity (Wildman–Crippen MR) is 107 cm³/mol. The van der Waals surface area contributed by atoms with Gasteiger partial charge in [0.1, 0.15) is 12.2 Å². The van der Waals surface area contributed by atoms with Crippen LogP contribution in [0.5, 0.6) is 0 Å². The van der Waals surface area contributed by atoms with Crippen molar-refractivity contribution >= 4 is 5.69 Å². The maximum absolute atomic E-state index is 6.22. The smallest absolute Gasteiger partial charge is 0.113 e. The van der Waals surface area contributed by atoms with Gasteiger partial charge in [0.15, 0.2) is 0 Å². The molecule has 1 unspecified atom stereocenters. The molecule has 3 heteroatoms. The fraction of sp³-hybridized carbons (Fsp3) is 0.565. The molecule has 26 heavy (non-hydrogen) atoms. The van der Waals surface area contributed by atoms with Gasteiger partial charge in [-0.25, -0.2) is 0 Å². The van der Waals surface area contributed by atoms with Gasteiger partial charge in [0, 0.05) is 17.2 Å². The zero-order chi connectivity index (χ0) is 17.8. The highest BCUT2D eigenvalue weighted by Crippen LogP contribution is 2.42. The zero-order valence-corrected chi connectivity index (χ0v) is 15.8. The first kappa shape index (κ1) is 17.8. The summed E-state index contributed by atoms with van der Waals surface area (Å²) in [6, 6.07) is 7.17. The summed E-state index contributed by atoms with van der Waals surface area (Å²) in [5.41, 5.74) is 3.94. The number of ether oxygens (including phenoxy) is 2. The molecule has 1 aromatic rings. The van der Waals surface area contributed by atoms with E-state index in [0.717, 1.165) is 12.8 Å². The van der Waals surface area contributed by atoms with Gasteiger partial charge in [-0.15, -0.1) is 0 Å². The average molecular weight is 354 g/mol. The fourth-order valence-electron chi connectivity index (χ4n) is 4.47. The minimum absolute atomic E-state index is 0.0555. The fourth-order valence-corrected chi connectivity index (χ4v) is 4.47. The molecular formula is C23H31NO2. The summed E-state index contributed by atoms with van der Waals surface area (Å²) in [5.74, 6) is 0.455. The minimum Gasteiger partial charge on any atom is -0.379 e. The summed E-state index contributed by atoms with van der Waals surface area (Å²) < 4.78 is 12.4. The van der Waals surface area contributed by atoms with Crippen molar-refractivity contribution in [3.63, 3.8) is 0 Å². The molecule has 1 aliphatic carbocycles. The number of fused-ring (bicyclic) bond motifs is 3. The molecule has 4 atom stereocenters. The number of allylic oxidation sites excluding steroid dienone is 3. The Morgan fingerprint density at radius 2 is 2.00 bits per heavy atom. The van der Waals surface area contributed by atoms with Crippen LogP contribution in [0.3, 0.4) is 0 Å². The normalized spacial score (nSPS) is 29.7. The highest BCUT2D eigenvalue weighted by Gasteiger charge is 2.42. The molecule has 0 bridgehead atoms. The molecular weight excluding hydrogens is 322 g/mol. The SMILES string of the molecule is CCCCCCc1ccc2c(c1)[C@H]1OCCO[C@H]1[C@H](C1C=CC=CC1)N2. The summed E-state index contributed by atoms with van der Waals surface area (Å²) in [4.78, 5) is 0. The third-order valence-corrected chi connectivity index (χ3v) is 5.88. The lowest BCUT2D eigenvalue weighted by molar-refractivity contribution is -0.153. The molecule has 0 spiro atoms. The first-order valence-corrected chi connectivity index (χ1v) is 10.3. The second-order valence-electron chi connectivity index (χ2n) is 7.74. The zero-order valence-electron chi connectivity index (χ0n) is 15.8. The van der Waals surface area contributed by atoms with Crippen molar-refractivity contribution in [3.8, 4) is 0 Å². The van der Waals surface area contributed by atoms with E-state index in [1.54, 1.807) is 0 Å². The quantitative estimate of drug-likeness (QED) is 0.714. The van der Waals surface area contributed by atoms with Crippen LogP contribution >= 0.6 is 0 Å². The summed E-state index contributed by atoms with van der Waals surface area (Å²) in [7, 11) is 0. The monoisotopic (exact) mass is 353 g/mol. The molecule has 4 rings (SSSR count). The summed E-state index contributed by atoms with van der Waals surface area (Å²) >= 11 is 0. The largest absolute Gasteiger partial charge is 0.379 e. The number of anilines is 1. The van der Waals surface area contributed by atoms with Gasteiger partial charge in [-0.2, -0.15) is 0 Å². The maximum atomic E-state index is 6.22. The van der Waals surface area contributed by atoms with Crippen LogP contribution in [-0.2, 0) is 15.9 Å². The lowest BCUT2D eigenvalue weighted by atomic mass is 9.81. The molecule has 1 aromatic carbocycles. The second kappa shape index (κ2) is 8.41. The summed E-state index contributed by atoms with van der Waals surface area (Å²) in [6.45, 7) is 3.64. The van der Waals surface area contributed by atoms with Gasteiger partial charge in [0.2, 0.25) is 0 Å². The van der Waals surface area contributed by atoms with Crippen molar-refractivity contribution in [3.05, 3.63) is 53.6 Å². The van der Waals surface area contributed by atoms with Crippen LogP contribution in [0.1, 0.15) is 56.3 Å². The van der Waals surface area contributed by atoms with Crippen molar-refractivity contribution in [2.75, 3.05) is 18.5 Å². The third-order valence-electron chi connectivity index (χ3n) is 5.88. The Hall–Kier alpha value is -1.58. The predicted octanol–water partition coefficient (Wildman–Crippen LogP) is 5.19. The third kappa shape index (κ3) is 3.74. The van der Waals surface area contributed by atoms with E-state index in [1.165, 1.54) is 42.5 Å². The van der Waals surface area contributed by atoms with E-state index in [4.69, 9.17) is 9.47 Å².